The molecule has 2 aromatic carbocycles. The number of nitrogens with two attached hydrogens (primary N) is 1. The highest BCUT2D eigenvalue weighted by Gasteiger charge is 2.10. The molecule has 20 heavy (non-hydrogen) atoms. The highest BCUT2D eigenvalue weighted by atomic mass is 35.5. The van der Waals surface area contributed by atoms with Gasteiger partial charge in [0.25, 0.3) is 0 Å². The van der Waals surface area contributed by atoms with Crippen LogP contribution in [0, 0.1) is 17.1 Å². The van der Waals surface area contributed by atoms with Crippen molar-refractivity contribution < 1.29 is 9.13 Å². The summed E-state index contributed by atoms with van der Waals surface area (Å²) >= 11 is 11.7. The summed E-state index contributed by atoms with van der Waals surface area (Å²) in [6.45, 7) is -0.0660. The first-order valence-corrected chi connectivity index (χ1v) is 6.33. The zero-order valence-corrected chi connectivity index (χ0v) is 11.7. The molecule has 0 aliphatic heterocycles. The molecule has 0 unspecified atom stereocenters. The zero-order valence-electron chi connectivity index (χ0n) is 10.2. The normalized spacial score (nSPS) is 10.1. The van der Waals surface area contributed by atoms with Crippen molar-refractivity contribution >= 4 is 28.9 Å². The number of benzene rings is 2. The predicted molar refractivity (Wildman–Crippen MR) is 76.3 cm³/mol. The summed E-state index contributed by atoms with van der Waals surface area (Å²) in [7, 11) is 0. The van der Waals surface area contributed by atoms with Gasteiger partial charge in [-0.2, -0.15) is 5.26 Å². The Morgan fingerprint density at radius 2 is 1.95 bits per heavy atom. The van der Waals surface area contributed by atoms with Crippen molar-refractivity contribution in [2.75, 3.05) is 5.73 Å². The van der Waals surface area contributed by atoms with Crippen LogP contribution >= 0.6 is 23.2 Å². The molecule has 0 saturated heterocycles. The van der Waals surface area contributed by atoms with Crippen LogP contribution in [0.15, 0.2) is 30.3 Å². The fourth-order valence-electron chi connectivity index (χ4n) is 1.60. The molecule has 0 fully saturated rings. The predicted octanol–water partition coefficient (Wildman–Crippen LogP) is 4.17. The van der Waals surface area contributed by atoms with Crippen molar-refractivity contribution in [3.63, 3.8) is 0 Å². The fraction of sp³-hybridized carbons (Fsp3) is 0.0714. The molecule has 0 radical (unpaired) electrons. The monoisotopic (exact) mass is 310 g/mol. The summed E-state index contributed by atoms with van der Waals surface area (Å²) in [5, 5.41) is 9.36. The van der Waals surface area contributed by atoms with E-state index in [9.17, 15) is 4.39 Å². The van der Waals surface area contributed by atoms with Crippen molar-refractivity contribution in [3.8, 4) is 11.8 Å². The molecular formula is C14H9Cl2FN2O. The Kier molecular flexibility index (Phi) is 4.33. The summed E-state index contributed by atoms with van der Waals surface area (Å²) in [6, 6.07) is 9.20. The van der Waals surface area contributed by atoms with E-state index in [0.717, 1.165) is 0 Å². The van der Waals surface area contributed by atoms with Crippen LogP contribution in [0.1, 0.15) is 11.1 Å². The Morgan fingerprint density at radius 3 is 2.65 bits per heavy atom. The van der Waals surface area contributed by atoms with Crippen LogP contribution in [0.3, 0.4) is 0 Å². The van der Waals surface area contributed by atoms with Crippen LogP contribution in [0.5, 0.6) is 5.75 Å². The van der Waals surface area contributed by atoms with Gasteiger partial charge in [-0.25, -0.2) is 4.39 Å². The molecule has 0 atom stereocenters. The molecule has 0 spiro atoms. The van der Waals surface area contributed by atoms with E-state index in [1.54, 1.807) is 12.1 Å². The maximum Gasteiger partial charge on any atom is 0.147 e. The van der Waals surface area contributed by atoms with Gasteiger partial charge in [0, 0.05) is 11.6 Å². The van der Waals surface area contributed by atoms with E-state index in [1.807, 2.05) is 0 Å². The molecule has 0 aliphatic rings. The Hall–Kier alpha value is -1.96. The van der Waals surface area contributed by atoms with Crippen LogP contribution < -0.4 is 10.5 Å². The van der Waals surface area contributed by atoms with E-state index >= 15 is 0 Å². The van der Waals surface area contributed by atoms with Crippen LogP contribution in [-0.4, -0.2) is 0 Å². The minimum Gasteiger partial charge on any atom is -0.487 e. The molecule has 2 aromatic rings. The highest BCUT2D eigenvalue weighted by Crippen LogP contribution is 2.32. The first-order valence-electron chi connectivity index (χ1n) is 5.57. The molecule has 3 nitrogen and oxygen atoms in total. The van der Waals surface area contributed by atoms with Crippen molar-refractivity contribution in [1.29, 1.82) is 5.26 Å². The van der Waals surface area contributed by atoms with Gasteiger partial charge in [0.05, 0.1) is 21.3 Å². The number of anilines is 1. The average Bonchev–Trinajstić information content (AvgIpc) is 2.43. The number of halogens is 3. The van der Waals surface area contributed by atoms with E-state index in [4.69, 9.17) is 38.9 Å². The van der Waals surface area contributed by atoms with E-state index in [2.05, 4.69) is 0 Å². The molecular weight excluding hydrogens is 302 g/mol. The van der Waals surface area contributed by atoms with Crippen molar-refractivity contribution in [2.24, 2.45) is 0 Å². The summed E-state index contributed by atoms with van der Waals surface area (Å²) in [5.74, 6) is -0.296. The third kappa shape index (κ3) is 2.96. The topological polar surface area (TPSA) is 59.0 Å². The number of nitrogens with zero attached hydrogens (tertiary/aromatic N) is 1. The van der Waals surface area contributed by atoms with Crippen molar-refractivity contribution in [3.05, 3.63) is 57.3 Å². The molecule has 2 rings (SSSR count). The third-order valence-electron chi connectivity index (χ3n) is 2.64. The second kappa shape index (κ2) is 6.00. The fourth-order valence-corrected chi connectivity index (χ4v) is 1.93. The number of nitrogen functional groups attached to an aromatic ring is 1. The maximum atomic E-state index is 13.8. The summed E-state index contributed by atoms with van der Waals surface area (Å²) < 4.78 is 19.3. The lowest BCUT2D eigenvalue weighted by Gasteiger charge is -2.11. The van der Waals surface area contributed by atoms with E-state index < -0.39 is 5.82 Å². The Balaban J connectivity index is 2.22. The van der Waals surface area contributed by atoms with Gasteiger partial charge in [-0.05, 0) is 12.1 Å². The number of ether oxygens (including phenoxy) is 1. The third-order valence-corrected chi connectivity index (χ3v) is 3.36. The van der Waals surface area contributed by atoms with Crippen LogP contribution in [0.2, 0.25) is 10.0 Å². The number of hydrogen-bond acceptors (Lipinski definition) is 3. The number of nitriles is 1. The second-order valence-corrected chi connectivity index (χ2v) is 4.80. The standard InChI is InChI=1S/C14H9Cl2FN2O/c15-10-4-12(19)13(5-11(10)16)20-7-9-3-1-2-8(6-18)14(9)17/h1-5H,7,19H2. The molecule has 2 N–H and O–H groups in total. The number of rotatable bonds is 3. The largest absolute Gasteiger partial charge is 0.487 e. The Morgan fingerprint density at radius 1 is 1.25 bits per heavy atom. The smallest absolute Gasteiger partial charge is 0.147 e. The lowest BCUT2D eigenvalue weighted by atomic mass is 10.1. The summed E-state index contributed by atoms with van der Waals surface area (Å²) in [4.78, 5) is 0. The molecule has 0 bridgehead atoms. The quantitative estimate of drug-likeness (QED) is 0.866. The minimum atomic E-state index is -0.603. The zero-order chi connectivity index (χ0) is 14.7. The average molecular weight is 311 g/mol. The van der Waals surface area contributed by atoms with E-state index in [-0.39, 0.29) is 17.7 Å². The van der Waals surface area contributed by atoms with E-state index in [1.165, 1.54) is 24.3 Å². The van der Waals surface area contributed by atoms with Crippen LogP contribution in [0.4, 0.5) is 10.1 Å². The maximum absolute atomic E-state index is 13.8. The SMILES string of the molecule is N#Cc1cccc(COc2cc(Cl)c(Cl)cc2N)c1F. The molecule has 0 heterocycles. The minimum absolute atomic E-state index is 0.0341. The van der Waals surface area contributed by atoms with E-state index in [0.29, 0.717) is 21.5 Å². The van der Waals surface area contributed by atoms with Crippen molar-refractivity contribution in [1.82, 2.24) is 0 Å². The lowest BCUT2D eigenvalue weighted by Crippen LogP contribution is -2.02. The van der Waals surface area contributed by atoms with Gasteiger partial charge in [-0.15, -0.1) is 0 Å². The van der Waals surface area contributed by atoms with Gasteiger partial charge in [0.15, 0.2) is 0 Å². The Labute approximate surface area is 125 Å². The van der Waals surface area contributed by atoms with Crippen LogP contribution in [-0.2, 0) is 6.61 Å². The van der Waals surface area contributed by atoms with Gasteiger partial charge in [-0.3, -0.25) is 0 Å². The first-order chi connectivity index (χ1) is 9.52. The molecule has 0 saturated carbocycles. The van der Waals surface area contributed by atoms with Gasteiger partial charge < -0.3 is 10.5 Å². The van der Waals surface area contributed by atoms with Crippen LogP contribution in [0.25, 0.3) is 0 Å². The van der Waals surface area contributed by atoms with Gasteiger partial charge in [0.1, 0.15) is 24.2 Å². The molecule has 0 aliphatic carbocycles. The van der Waals surface area contributed by atoms with Crippen molar-refractivity contribution in [2.45, 2.75) is 6.61 Å². The molecule has 6 heteroatoms. The summed E-state index contributed by atoms with van der Waals surface area (Å²) in [5.41, 5.74) is 6.26. The van der Waals surface area contributed by atoms with Gasteiger partial charge >= 0.3 is 0 Å². The molecule has 0 aromatic heterocycles. The first kappa shape index (κ1) is 14.4. The van der Waals surface area contributed by atoms with Gasteiger partial charge in [0.2, 0.25) is 0 Å². The van der Waals surface area contributed by atoms with Gasteiger partial charge in [-0.1, -0.05) is 35.3 Å². The second-order valence-electron chi connectivity index (χ2n) is 3.98. The lowest BCUT2D eigenvalue weighted by molar-refractivity contribution is 0.301. The summed E-state index contributed by atoms with van der Waals surface area (Å²) in [6.07, 6.45) is 0. The Bertz CT molecular complexity index is 698. The molecule has 0 amide bonds. The molecule has 102 valence electrons. The number of hydrogen-bond donors (Lipinski definition) is 1. The highest BCUT2D eigenvalue weighted by molar-refractivity contribution is 6.42.